The number of halogens is 1. The van der Waals surface area contributed by atoms with Crippen molar-refractivity contribution in [1.82, 2.24) is 4.57 Å². The van der Waals surface area contributed by atoms with Crippen molar-refractivity contribution in [3.8, 4) is 0 Å². The van der Waals surface area contributed by atoms with Crippen LogP contribution in [0.4, 0.5) is 4.39 Å². The lowest BCUT2D eigenvalue weighted by atomic mass is 10.0. The van der Waals surface area contributed by atoms with E-state index in [-0.39, 0.29) is 11.7 Å². The normalized spacial score (nSPS) is 13.3. The van der Waals surface area contributed by atoms with Crippen LogP contribution in [0.1, 0.15) is 18.6 Å². The summed E-state index contributed by atoms with van der Waals surface area (Å²) in [4.78, 5) is 3.74. The first-order valence-electron chi connectivity index (χ1n) is 5.88. The molecule has 1 heterocycles. The van der Waals surface area contributed by atoms with Gasteiger partial charge < -0.3 is 9.67 Å². The first-order chi connectivity index (χ1) is 9.10. The molecule has 0 aliphatic heterocycles. The first-order valence-corrected chi connectivity index (χ1v) is 6.54. The fourth-order valence-electron chi connectivity index (χ4n) is 2.10. The van der Waals surface area contributed by atoms with Gasteiger partial charge in [0.25, 0.3) is 0 Å². The molecule has 2 aromatic rings. The van der Waals surface area contributed by atoms with Crippen molar-refractivity contribution < 1.29 is 9.50 Å². The Kier molecular flexibility index (Phi) is 4.08. The van der Waals surface area contributed by atoms with Gasteiger partial charge in [0, 0.05) is 29.6 Å². The molecule has 100 valence electrons. The summed E-state index contributed by atoms with van der Waals surface area (Å²) in [6.07, 6.45) is 0.604. The molecule has 0 aliphatic carbocycles. The van der Waals surface area contributed by atoms with Crippen molar-refractivity contribution in [3.05, 3.63) is 35.8 Å². The van der Waals surface area contributed by atoms with E-state index in [0.717, 1.165) is 0 Å². The number of nitrogens with one attached hydrogen (secondary N) is 1. The number of rotatable bonds is 3. The molecule has 19 heavy (non-hydrogen) atoms. The standard InChI is InChI=1S/C13H15FN3OP/c1-2-17-6-5-8-10(14)4-3-9(11(8)17)12(18)13(15)16-7-19/h3-7,12,15,18H,2,19H2,1H3. The monoisotopic (exact) mass is 279 g/mol. The molecular formula is C13H15FN3OP. The van der Waals surface area contributed by atoms with Crippen molar-refractivity contribution in [2.75, 3.05) is 0 Å². The van der Waals surface area contributed by atoms with Gasteiger partial charge in [-0.1, -0.05) is 15.3 Å². The van der Waals surface area contributed by atoms with Gasteiger partial charge in [0.05, 0.1) is 5.52 Å². The largest absolute Gasteiger partial charge is 0.380 e. The summed E-state index contributed by atoms with van der Waals surface area (Å²) < 4.78 is 15.6. The molecule has 0 radical (unpaired) electrons. The van der Waals surface area contributed by atoms with Gasteiger partial charge in [-0.05, 0) is 19.1 Å². The molecule has 6 heteroatoms. The maximum atomic E-state index is 13.7. The minimum atomic E-state index is -1.17. The summed E-state index contributed by atoms with van der Waals surface area (Å²) in [5.41, 5.74) is 1.10. The fraction of sp³-hybridized carbons (Fsp3) is 0.231. The highest BCUT2D eigenvalue weighted by Crippen LogP contribution is 2.28. The summed E-state index contributed by atoms with van der Waals surface area (Å²) in [6.45, 7) is 2.60. The zero-order valence-corrected chi connectivity index (χ0v) is 11.6. The predicted molar refractivity (Wildman–Crippen MR) is 78.5 cm³/mol. The second-order valence-electron chi connectivity index (χ2n) is 4.07. The lowest BCUT2D eigenvalue weighted by Gasteiger charge is -2.13. The van der Waals surface area contributed by atoms with Gasteiger partial charge in [0.15, 0.2) is 5.84 Å². The van der Waals surface area contributed by atoms with Gasteiger partial charge in [-0.3, -0.25) is 5.41 Å². The third kappa shape index (κ3) is 2.44. The molecule has 1 aromatic carbocycles. The number of aliphatic hydroxyl groups is 1. The number of benzene rings is 1. The minimum Gasteiger partial charge on any atom is -0.380 e. The summed E-state index contributed by atoms with van der Waals surface area (Å²) in [7, 11) is 2.25. The van der Waals surface area contributed by atoms with Crippen molar-refractivity contribution >= 4 is 31.9 Å². The van der Waals surface area contributed by atoms with E-state index in [2.05, 4.69) is 14.2 Å². The van der Waals surface area contributed by atoms with Gasteiger partial charge in [-0.15, -0.1) is 0 Å². The van der Waals surface area contributed by atoms with Crippen LogP contribution in [0.5, 0.6) is 0 Å². The highest BCUT2D eigenvalue weighted by Gasteiger charge is 2.19. The lowest BCUT2D eigenvalue weighted by Crippen LogP contribution is -2.10. The van der Waals surface area contributed by atoms with Crippen molar-refractivity contribution in [3.63, 3.8) is 0 Å². The SMILES string of the molecule is CCn1ccc2c(F)ccc(C(O)C(=N)N=CP)c21. The maximum absolute atomic E-state index is 13.7. The van der Waals surface area contributed by atoms with Gasteiger partial charge in [-0.25, -0.2) is 9.38 Å². The van der Waals surface area contributed by atoms with E-state index in [1.807, 2.05) is 11.5 Å². The van der Waals surface area contributed by atoms with Crippen LogP contribution in [0.25, 0.3) is 10.9 Å². The Morgan fingerprint density at radius 3 is 2.95 bits per heavy atom. The maximum Gasteiger partial charge on any atom is 0.154 e. The zero-order valence-electron chi connectivity index (χ0n) is 10.5. The van der Waals surface area contributed by atoms with E-state index in [9.17, 15) is 9.50 Å². The molecular weight excluding hydrogens is 264 g/mol. The highest BCUT2D eigenvalue weighted by molar-refractivity contribution is 7.37. The van der Waals surface area contributed by atoms with E-state index < -0.39 is 6.10 Å². The lowest BCUT2D eigenvalue weighted by molar-refractivity contribution is 0.246. The van der Waals surface area contributed by atoms with Crippen molar-refractivity contribution in [1.29, 1.82) is 5.41 Å². The van der Waals surface area contributed by atoms with Crippen LogP contribution in [-0.4, -0.2) is 21.5 Å². The van der Waals surface area contributed by atoms with Gasteiger partial charge in [0.1, 0.15) is 11.9 Å². The molecule has 0 aliphatic rings. The molecule has 0 bridgehead atoms. The van der Waals surface area contributed by atoms with Crippen LogP contribution < -0.4 is 0 Å². The molecule has 0 spiro atoms. The molecule has 1 aromatic heterocycles. The van der Waals surface area contributed by atoms with Crippen LogP contribution in [0, 0.1) is 11.2 Å². The van der Waals surface area contributed by atoms with Crippen LogP contribution in [0.3, 0.4) is 0 Å². The summed E-state index contributed by atoms with van der Waals surface area (Å²) in [5.74, 6) is 0.858. The van der Waals surface area contributed by atoms with Gasteiger partial charge in [0.2, 0.25) is 0 Å². The Labute approximate surface area is 112 Å². The third-order valence-electron chi connectivity index (χ3n) is 3.01. The molecule has 2 unspecified atom stereocenters. The van der Waals surface area contributed by atoms with E-state index in [1.54, 1.807) is 12.3 Å². The second-order valence-corrected chi connectivity index (χ2v) is 4.36. The number of amidine groups is 1. The molecule has 0 amide bonds. The second kappa shape index (κ2) is 5.59. The van der Waals surface area contributed by atoms with E-state index in [0.29, 0.717) is 23.0 Å². The van der Waals surface area contributed by atoms with Gasteiger partial charge in [-0.2, -0.15) is 0 Å². The zero-order chi connectivity index (χ0) is 14.0. The van der Waals surface area contributed by atoms with E-state index in [1.165, 1.54) is 18.1 Å². The Morgan fingerprint density at radius 2 is 2.32 bits per heavy atom. The fourth-order valence-corrected chi connectivity index (χ4v) is 2.26. The molecule has 2 N–H and O–H groups in total. The third-order valence-corrected chi connectivity index (χ3v) is 3.16. The number of hydrogen-bond acceptors (Lipinski definition) is 2. The number of aliphatic imine (C=N–C) groups is 1. The molecule has 4 nitrogen and oxygen atoms in total. The van der Waals surface area contributed by atoms with Gasteiger partial charge >= 0.3 is 0 Å². The number of aromatic nitrogens is 1. The average Bonchev–Trinajstić information content (AvgIpc) is 2.83. The van der Waals surface area contributed by atoms with Crippen LogP contribution >= 0.6 is 9.24 Å². The van der Waals surface area contributed by atoms with Crippen LogP contribution in [-0.2, 0) is 6.54 Å². The smallest absolute Gasteiger partial charge is 0.154 e. The number of nitrogens with zero attached hydrogens (tertiary/aromatic N) is 2. The predicted octanol–water partition coefficient (Wildman–Crippen LogP) is 2.71. The van der Waals surface area contributed by atoms with Crippen LogP contribution in [0.15, 0.2) is 29.4 Å². The summed E-state index contributed by atoms with van der Waals surface area (Å²) in [5, 5.41) is 18.3. The number of aliphatic hydroxyl groups excluding tert-OH is 1. The van der Waals surface area contributed by atoms with Crippen molar-refractivity contribution in [2.24, 2.45) is 4.99 Å². The first kappa shape index (κ1) is 13.8. The average molecular weight is 279 g/mol. The molecule has 2 atom stereocenters. The van der Waals surface area contributed by atoms with E-state index >= 15 is 0 Å². The molecule has 0 saturated heterocycles. The molecule has 0 saturated carbocycles. The van der Waals surface area contributed by atoms with E-state index in [4.69, 9.17) is 5.41 Å². The number of aryl methyl sites for hydroxylation is 1. The molecule has 2 rings (SSSR count). The Hall–Kier alpha value is -1.58. The summed E-state index contributed by atoms with van der Waals surface area (Å²) in [6, 6.07) is 4.48. The highest BCUT2D eigenvalue weighted by atomic mass is 31.0. The Morgan fingerprint density at radius 1 is 1.58 bits per heavy atom. The number of fused-ring (bicyclic) bond motifs is 1. The molecule has 0 fully saturated rings. The van der Waals surface area contributed by atoms with Crippen molar-refractivity contribution in [2.45, 2.75) is 19.6 Å². The van der Waals surface area contributed by atoms with Crippen LogP contribution in [0.2, 0.25) is 0 Å². The number of hydrogen-bond donors (Lipinski definition) is 2. The Balaban J connectivity index is 2.63. The summed E-state index contributed by atoms with van der Waals surface area (Å²) >= 11 is 0. The topological polar surface area (TPSA) is 61.4 Å². The minimum absolute atomic E-state index is 0.174. The Bertz CT molecular complexity index is 651. The quantitative estimate of drug-likeness (QED) is 0.506.